The van der Waals surface area contributed by atoms with Gasteiger partial charge in [-0.05, 0) is 0 Å². The van der Waals surface area contributed by atoms with Crippen molar-refractivity contribution in [1.29, 1.82) is 0 Å². The number of hydrogen-bond donors (Lipinski definition) is 2. The molecule has 8 nitrogen and oxygen atoms in total. The molecule has 0 aliphatic rings. The summed E-state index contributed by atoms with van der Waals surface area (Å²) in [4.78, 5) is 0. The van der Waals surface area contributed by atoms with Crippen LogP contribution >= 0.6 is 0 Å². The molecule has 4 N–H and O–H groups in total. The van der Waals surface area contributed by atoms with Gasteiger partial charge in [-0.15, -0.1) is 0 Å². The molecule has 0 atom stereocenters. The fraction of sp³-hybridized carbons (Fsp3) is 1.00. The zero-order chi connectivity index (χ0) is 11.9. The third kappa shape index (κ3) is 14.0. The van der Waals surface area contributed by atoms with Gasteiger partial charge >= 0.3 is 59.1 Å². The normalized spacial score (nSPS) is 11.4. The fourth-order valence-corrected chi connectivity index (χ4v) is 1.84. The minimum absolute atomic E-state index is 0. The van der Waals surface area contributed by atoms with Crippen molar-refractivity contribution in [2.45, 2.75) is 0 Å². The first kappa shape index (κ1) is 23.8. The maximum atomic E-state index is 10.9. The van der Waals surface area contributed by atoms with Crippen LogP contribution in [-0.4, -0.2) is 107 Å². The summed E-state index contributed by atoms with van der Waals surface area (Å²) in [6.07, 6.45) is 0. The van der Waals surface area contributed by atoms with Gasteiger partial charge in [0.05, 0.1) is 11.5 Å². The van der Waals surface area contributed by atoms with Crippen molar-refractivity contribution in [3.05, 3.63) is 0 Å². The summed E-state index contributed by atoms with van der Waals surface area (Å²) in [7, 11) is -7.63. The SMILES string of the molecule is NCCS(=O)(=O)OCOS(=O)(=O)CCN.[NaH].[NaH]. The van der Waals surface area contributed by atoms with Gasteiger partial charge in [-0.1, -0.05) is 0 Å². The third-order valence-electron chi connectivity index (χ3n) is 1.19. The topological polar surface area (TPSA) is 139 Å². The summed E-state index contributed by atoms with van der Waals surface area (Å²) < 4.78 is 51.9. The Morgan fingerprint density at radius 2 is 1.06 bits per heavy atom. The molecule has 0 aliphatic carbocycles. The predicted octanol–water partition coefficient (Wildman–Crippen LogP) is -3.74. The Labute approximate surface area is 146 Å². The Kier molecular flexibility index (Phi) is 16.2. The summed E-state index contributed by atoms with van der Waals surface area (Å²) >= 11 is 0. The molecule has 0 rings (SSSR count). The van der Waals surface area contributed by atoms with Crippen molar-refractivity contribution in [2.24, 2.45) is 11.5 Å². The zero-order valence-electron chi connectivity index (χ0n) is 7.96. The number of rotatable bonds is 8. The van der Waals surface area contributed by atoms with Crippen LogP contribution in [0.5, 0.6) is 0 Å². The maximum absolute atomic E-state index is 10.9. The molecule has 12 heteroatoms. The van der Waals surface area contributed by atoms with Gasteiger partial charge in [0.1, 0.15) is 0 Å². The average Bonchev–Trinajstić information content (AvgIpc) is 2.02. The van der Waals surface area contributed by atoms with Crippen LogP contribution in [0.3, 0.4) is 0 Å². The van der Waals surface area contributed by atoms with E-state index >= 15 is 0 Å². The Morgan fingerprint density at radius 1 is 0.765 bits per heavy atom. The van der Waals surface area contributed by atoms with Gasteiger partial charge in [-0.3, -0.25) is 0 Å². The molecule has 0 heterocycles. The molecule has 0 saturated carbocycles. The van der Waals surface area contributed by atoms with Gasteiger partial charge in [-0.25, -0.2) is 8.37 Å². The van der Waals surface area contributed by atoms with E-state index in [1.807, 2.05) is 0 Å². The van der Waals surface area contributed by atoms with E-state index in [1.54, 1.807) is 0 Å². The van der Waals surface area contributed by atoms with E-state index in [0.29, 0.717) is 0 Å². The standard InChI is InChI=1S/C5H14N2O6S2.2Na.2H/c6-1-3-14(8,9)12-5-13-15(10,11)4-2-7;;;;/h1-7H2;;;;. The second-order valence-electron chi connectivity index (χ2n) is 2.45. The van der Waals surface area contributed by atoms with E-state index in [2.05, 4.69) is 8.37 Å². The van der Waals surface area contributed by atoms with E-state index in [-0.39, 0.29) is 72.2 Å². The molecule has 17 heavy (non-hydrogen) atoms. The van der Waals surface area contributed by atoms with Crippen LogP contribution in [0.2, 0.25) is 0 Å². The molecule has 0 aromatic carbocycles. The summed E-state index contributed by atoms with van der Waals surface area (Å²) in [6.45, 7) is -1.11. The van der Waals surface area contributed by atoms with Crippen LogP contribution in [0, 0.1) is 0 Å². The summed E-state index contributed by atoms with van der Waals surface area (Å²) in [5.41, 5.74) is 9.97. The average molecular weight is 310 g/mol. The van der Waals surface area contributed by atoms with E-state index in [9.17, 15) is 16.8 Å². The third-order valence-corrected chi connectivity index (χ3v) is 3.57. The van der Waals surface area contributed by atoms with Crippen LogP contribution in [0.15, 0.2) is 0 Å². The Bertz CT molecular complexity index is 334. The predicted molar refractivity (Wildman–Crippen MR) is 67.0 cm³/mol. The van der Waals surface area contributed by atoms with Crippen molar-refractivity contribution < 1.29 is 25.2 Å². The molecule has 0 saturated heterocycles. The van der Waals surface area contributed by atoms with E-state index in [1.165, 1.54) is 0 Å². The molecule has 0 aromatic rings. The van der Waals surface area contributed by atoms with E-state index in [4.69, 9.17) is 11.5 Å². The van der Waals surface area contributed by atoms with Gasteiger partial charge in [0.2, 0.25) is 0 Å². The number of nitrogens with two attached hydrogens (primary N) is 2. The molecule has 0 amide bonds. The molecular weight excluding hydrogens is 294 g/mol. The van der Waals surface area contributed by atoms with Crippen molar-refractivity contribution in [3.8, 4) is 0 Å². The first-order valence-corrected chi connectivity index (χ1v) is 7.13. The quantitative estimate of drug-likeness (QED) is 0.265. The van der Waals surface area contributed by atoms with Gasteiger partial charge < -0.3 is 11.5 Å². The summed E-state index contributed by atoms with van der Waals surface area (Å²) in [5, 5.41) is 0. The Morgan fingerprint density at radius 3 is 1.29 bits per heavy atom. The zero-order valence-corrected chi connectivity index (χ0v) is 9.59. The monoisotopic (exact) mass is 310 g/mol. The minimum atomic E-state index is -3.81. The van der Waals surface area contributed by atoms with Crippen LogP contribution < -0.4 is 11.5 Å². The van der Waals surface area contributed by atoms with E-state index < -0.39 is 38.5 Å². The molecule has 0 fully saturated rings. The van der Waals surface area contributed by atoms with Crippen molar-refractivity contribution in [3.63, 3.8) is 0 Å². The Hall–Kier alpha value is 1.74. The first-order chi connectivity index (χ1) is 6.83. The van der Waals surface area contributed by atoms with Crippen LogP contribution in [0.25, 0.3) is 0 Å². The van der Waals surface area contributed by atoms with Gasteiger partial charge in [0, 0.05) is 13.1 Å². The number of hydrogen-bond acceptors (Lipinski definition) is 8. The molecule has 0 unspecified atom stereocenters. The molecule has 0 radical (unpaired) electrons. The molecule has 0 aromatic heterocycles. The van der Waals surface area contributed by atoms with Crippen LogP contribution in [0.4, 0.5) is 0 Å². The van der Waals surface area contributed by atoms with Crippen molar-refractivity contribution in [1.82, 2.24) is 0 Å². The van der Waals surface area contributed by atoms with E-state index in [0.717, 1.165) is 0 Å². The second-order valence-corrected chi connectivity index (χ2v) is 5.97. The molecule has 96 valence electrons. The molecule has 0 aliphatic heterocycles. The molecule has 0 bridgehead atoms. The second kappa shape index (κ2) is 11.6. The van der Waals surface area contributed by atoms with Crippen LogP contribution in [0.1, 0.15) is 0 Å². The van der Waals surface area contributed by atoms with Gasteiger partial charge in [0.15, 0.2) is 6.79 Å². The van der Waals surface area contributed by atoms with Crippen molar-refractivity contribution >= 4 is 79.4 Å². The van der Waals surface area contributed by atoms with Gasteiger partial charge in [0.25, 0.3) is 20.2 Å². The summed E-state index contributed by atoms with van der Waals surface area (Å²) in [5.74, 6) is -0.791. The molecule has 0 spiro atoms. The Balaban J connectivity index is -0.000000980. The summed E-state index contributed by atoms with van der Waals surface area (Å²) in [6, 6.07) is 0. The van der Waals surface area contributed by atoms with Crippen molar-refractivity contribution in [2.75, 3.05) is 31.4 Å². The molecular formula is C5H16N2Na2O6S2. The van der Waals surface area contributed by atoms with Gasteiger partial charge in [-0.2, -0.15) is 16.8 Å². The van der Waals surface area contributed by atoms with Crippen LogP contribution in [-0.2, 0) is 28.6 Å². The fourth-order valence-electron chi connectivity index (χ4n) is 0.573. The first-order valence-electron chi connectivity index (χ1n) is 3.97.